The Morgan fingerprint density at radius 3 is 3.00 bits per heavy atom. The molecule has 0 radical (unpaired) electrons. The molecule has 5 nitrogen and oxygen atoms in total. The molecule has 110 valence electrons. The molecule has 0 spiro atoms. The summed E-state index contributed by atoms with van der Waals surface area (Å²) in [7, 11) is 0. The van der Waals surface area contributed by atoms with Gasteiger partial charge in [0.25, 0.3) is 0 Å². The molecule has 0 aliphatic carbocycles. The van der Waals surface area contributed by atoms with Crippen LogP contribution in [0.2, 0.25) is 0 Å². The van der Waals surface area contributed by atoms with Gasteiger partial charge in [0, 0.05) is 32.1 Å². The smallest absolute Gasteiger partial charge is 0.229 e. The van der Waals surface area contributed by atoms with E-state index >= 15 is 0 Å². The number of amides is 1. The Morgan fingerprint density at radius 2 is 2.30 bits per heavy atom. The number of anilines is 1. The number of aryl methyl sites for hydroxylation is 1. The Bertz CT molecular complexity index is 490. The molecular formula is C13H19N3O2S2. The molecule has 1 amide bonds. The Morgan fingerprint density at radius 1 is 1.50 bits per heavy atom. The number of nitrogens with zero attached hydrogens (tertiary/aromatic N) is 3. The monoisotopic (exact) mass is 313 g/mol. The summed E-state index contributed by atoms with van der Waals surface area (Å²) in [6, 6.07) is 0. The maximum absolute atomic E-state index is 12.0. The Balaban J connectivity index is 1.93. The van der Waals surface area contributed by atoms with Gasteiger partial charge in [-0.3, -0.25) is 14.5 Å². The van der Waals surface area contributed by atoms with E-state index in [-0.39, 0.29) is 16.9 Å². The lowest BCUT2D eigenvalue weighted by atomic mass is 10.1. The summed E-state index contributed by atoms with van der Waals surface area (Å²) in [6.45, 7) is 4.36. The molecule has 7 heteroatoms. The maximum Gasteiger partial charge on any atom is 0.229 e. The van der Waals surface area contributed by atoms with E-state index in [0.717, 1.165) is 24.3 Å². The van der Waals surface area contributed by atoms with Gasteiger partial charge in [0.2, 0.25) is 11.0 Å². The van der Waals surface area contributed by atoms with Crippen LogP contribution < -0.4 is 4.90 Å². The fraction of sp³-hybridized carbons (Fsp3) is 0.692. The van der Waals surface area contributed by atoms with Crippen molar-refractivity contribution < 1.29 is 9.59 Å². The minimum absolute atomic E-state index is 0.0948. The average molecular weight is 313 g/mol. The topological polar surface area (TPSA) is 63.2 Å². The predicted molar refractivity (Wildman–Crippen MR) is 82.1 cm³/mol. The second kappa shape index (κ2) is 7.17. The summed E-state index contributed by atoms with van der Waals surface area (Å²) in [6.07, 6.45) is 3.66. The third kappa shape index (κ3) is 4.02. The minimum Gasteiger partial charge on any atom is -0.288 e. The summed E-state index contributed by atoms with van der Waals surface area (Å²) in [5.41, 5.74) is 0. The van der Waals surface area contributed by atoms with Crippen molar-refractivity contribution in [2.75, 3.05) is 17.2 Å². The predicted octanol–water partition coefficient (Wildman–Crippen LogP) is 2.51. The van der Waals surface area contributed by atoms with Crippen molar-refractivity contribution in [2.24, 2.45) is 5.92 Å². The molecule has 1 fully saturated rings. The van der Waals surface area contributed by atoms with Crippen LogP contribution in [0.1, 0.15) is 38.1 Å². The van der Waals surface area contributed by atoms with Crippen LogP contribution in [0.4, 0.5) is 5.13 Å². The standard InChI is InChI=1S/C13H19N3O2S2/c1-3-4-5-11-14-15-13(20-11)16-7-10(6-12(16)18)8-19-9(2)17/h10H,3-8H2,1-2H3. The molecule has 0 saturated carbocycles. The van der Waals surface area contributed by atoms with Crippen molar-refractivity contribution in [2.45, 2.75) is 39.5 Å². The summed E-state index contributed by atoms with van der Waals surface area (Å²) in [5, 5.41) is 10.1. The van der Waals surface area contributed by atoms with Gasteiger partial charge in [-0.25, -0.2) is 0 Å². The Labute approximate surface area is 127 Å². The number of hydrogen-bond donors (Lipinski definition) is 0. The molecule has 1 aliphatic rings. The van der Waals surface area contributed by atoms with E-state index in [1.807, 2.05) is 0 Å². The molecule has 2 rings (SSSR count). The van der Waals surface area contributed by atoms with Gasteiger partial charge in [0.15, 0.2) is 5.12 Å². The van der Waals surface area contributed by atoms with Crippen molar-refractivity contribution >= 4 is 39.3 Å². The van der Waals surface area contributed by atoms with E-state index < -0.39 is 0 Å². The van der Waals surface area contributed by atoms with Gasteiger partial charge in [-0.05, 0) is 12.3 Å². The van der Waals surface area contributed by atoms with E-state index in [0.29, 0.717) is 23.8 Å². The Kier molecular flexibility index (Phi) is 5.54. The number of rotatable bonds is 6. The van der Waals surface area contributed by atoms with Crippen LogP contribution in [0, 0.1) is 5.92 Å². The zero-order chi connectivity index (χ0) is 14.5. The fourth-order valence-corrected chi connectivity index (χ4v) is 3.70. The molecule has 1 saturated heterocycles. The highest BCUT2D eigenvalue weighted by atomic mass is 32.2. The zero-order valence-electron chi connectivity index (χ0n) is 11.8. The lowest BCUT2D eigenvalue weighted by molar-refractivity contribution is -0.117. The number of carbonyl (C=O) groups is 2. The number of thioether (sulfide) groups is 1. The maximum atomic E-state index is 12.0. The Hall–Kier alpha value is -0.950. The second-order valence-electron chi connectivity index (χ2n) is 4.96. The second-order valence-corrected chi connectivity index (χ2v) is 7.20. The first kappa shape index (κ1) is 15.4. The molecule has 2 heterocycles. The largest absolute Gasteiger partial charge is 0.288 e. The van der Waals surface area contributed by atoms with Crippen LogP contribution in [0.5, 0.6) is 0 Å². The third-order valence-electron chi connectivity index (χ3n) is 3.16. The summed E-state index contributed by atoms with van der Waals surface area (Å²) in [5.74, 6) is 1.04. The lowest BCUT2D eigenvalue weighted by Crippen LogP contribution is -2.24. The van der Waals surface area contributed by atoms with Crippen molar-refractivity contribution in [3.05, 3.63) is 5.01 Å². The van der Waals surface area contributed by atoms with Crippen LogP contribution in [-0.4, -0.2) is 33.5 Å². The molecule has 1 aromatic heterocycles. The van der Waals surface area contributed by atoms with Gasteiger partial charge >= 0.3 is 0 Å². The summed E-state index contributed by atoms with van der Waals surface area (Å²) in [4.78, 5) is 24.7. The molecule has 20 heavy (non-hydrogen) atoms. The molecule has 1 aliphatic heterocycles. The van der Waals surface area contributed by atoms with Gasteiger partial charge in [0.1, 0.15) is 5.01 Å². The van der Waals surface area contributed by atoms with E-state index in [9.17, 15) is 9.59 Å². The average Bonchev–Trinajstić information content (AvgIpc) is 3.00. The summed E-state index contributed by atoms with van der Waals surface area (Å²) >= 11 is 2.80. The van der Waals surface area contributed by atoms with Crippen molar-refractivity contribution in [1.82, 2.24) is 10.2 Å². The number of hydrogen-bond acceptors (Lipinski definition) is 6. The van der Waals surface area contributed by atoms with Gasteiger partial charge in [-0.2, -0.15) is 0 Å². The van der Waals surface area contributed by atoms with Crippen molar-refractivity contribution in [3.8, 4) is 0 Å². The highest BCUT2D eigenvalue weighted by Gasteiger charge is 2.32. The van der Waals surface area contributed by atoms with Crippen LogP contribution >= 0.6 is 23.1 Å². The van der Waals surface area contributed by atoms with Crippen LogP contribution in [0.15, 0.2) is 0 Å². The van der Waals surface area contributed by atoms with Gasteiger partial charge in [0.05, 0.1) is 0 Å². The molecule has 0 bridgehead atoms. The number of unbranched alkanes of at least 4 members (excludes halogenated alkanes) is 1. The highest BCUT2D eigenvalue weighted by molar-refractivity contribution is 8.13. The minimum atomic E-state index is 0.0948. The van der Waals surface area contributed by atoms with Crippen LogP contribution in [-0.2, 0) is 16.0 Å². The van der Waals surface area contributed by atoms with E-state index in [4.69, 9.17) is 0 Å². The molecule has 0 aromatic carbocycles. The fourth-order valence-electron chi connectivity index (χ4n) is 2.10. The van der Waals surface area contributed by atoms with E-state index in [1.165, 1.54) is 23.1 Å². The van der Waals surface area contributed by atoms with E-state index in [2.05, 4.69) is 17.1 Å². The molecule has 1 aromatic rings. The quantitative estimate of drug-likeness (QED) is 0.807. The molecule has 0 N–H and O–H groups in total. The zero-order valence-corrected chi connectivity index (χ0v) is 13.4. The van der Waals surface area contributed by atoms with Crippen molar-refractivity contribution in [3.63, 3.8) is 0 Å². The molecule has 1 atom stereocenters. The number of carbonyl (C=O) groups excluding carboxylic acids is 2. The first-order valence-electron chi connectivity index (χ1n) is 6.86. The van der Waals surface area contributed by atoms with E-state index in [1.54, 1.807) is 11.8 Å². The third-order valence-corrected chi connectivity index (χ3v) is 5.21. The normalized spacial score (nSPS) is 18.8. The van der Waals surface area contributed by atoms with Crippen LogP contribution in [0.3, 0.4) is 0 Å². The van der Waals surface area contributed by atoms with Gasteiger partial charge < -0.3 is 0 Å². The van der Waals surface area contributed by atoms with Gasteiger partial charge in [-0.15, -0.1) is 10.2 Å². The molecule has 1 unspecified atom stereocenters. The van der Waals surface area contributed by atoms with Gasteiger partial charge in [-0.1, -0.05) is 36.4 Å². The first-order chi connectivity index (χ1) is 9.60. The van der Waals surface area contributed by atoms with Crippen molar-refractivity contribution in [1.29, 1.82) is 0 Å². The number of aromatic nitrogens is 2. The summed E-state index contributed by atoms with van der Waals surface area (Å²) < 4.78 is 0. The lowest BCUT2D eigenvalue weighted by Gasteiger charge is -2.11. The highest BCUT2D eigenvalue weighted by Crippen LogP contribution is 2.29. The first-order valence-corrected chi connectivity index (χ1v) is 8.66. The van der Waals surface area contributed by atoms with Crippen LogP contribution in [0.25, 0.3) is 0 Å². The SMILES string of the molecule is CCCCc1nnc(N2CC(CSC(C)=O)CC2=O)s1. The molecular weight excluding hydrogens is 294 g/mol.